The standard InChI is InChI=1S/C10H5NO2/c11-6-8-3-1-2-7-4-5-9(12)13-10(7)8/h1-5H. The molecule has 0 aliphatic heterocycles. The van der Waals surface area contributed by atoms with Gasteiger partial charge in [0.1, 0.15) is 6.07 Å². The Balaban J connectivity index is 2.97. The minimum atomic E-state index is -0.435. The van der Waals surface area contributed by atoms with Gasteiger partial charge in [0.2, 0.25) is 0 Å². The van der Waals surface area contributed by atoms with Gasteiger partial charge in [-0.1, -0.05) is 12.1 Å². The summed E-state index contributed by atoms with van der Waals surface area (Å²) >= 11 is 0. The average molecular weight is 171 g/mol. The van der Waals surface area contributed by atoms with E-state index in [0.717, 1.165) is 5.39 Å². The third kappa shape index (κ3) is 1.18. The molecule has 0 radical (unpaired) electrons. The normalized spacial score (nSPS) is 9.77. The molecule has 0 bridgehead atoms. The average Bonchev–Trinajstić information content (AvgIpc) is 2.17. The largest absolute Gasteiger partial charge is 0.421 e. The summed E-state index contributed by atoms with van der Waals surface area (Å²) in [6, 6.07) is 10.1. The highest BCUT2D eigenvalue weighted by atomic mass is 16.4. The summed E-state index contributed by atoms with van der Waals surface area (Å²) in [7, 11) is 0. The van der Waals surface area contributed by atoms with Gasteiger partial charge in [-0.05, 0) is 12.1 Å². The fourth-order valence-electron chi connectivity index (χ4n) is 1.18. The molecule has 62 valence electrons. The molecule has 0 amide bonds. The van der Waals surface area contributed by atoms with Crippen LogP contribution in [-0.2, 0) is 0 Å². The molecule has 0 saturated carbocycles. The van der Waals surface area contributed by atoms with Crippen molar-refractivity contribution in [3.05, 3.63) is 46.3 Å². The molecule has 2 aromatic rings. The van der Waals surface area contributed by atoms with E-state index in [0.29, 0.717) is 11.1 Å². The second-order valence-corrected chi connectivity index (χ2v) is 2.59. The van der Waals surface area contributed by atoms with Gasteiger partial charge in [-0.25, -0.2) is 4.79 Å². The quantitative estimate of drug-likeness (QED) is 0.566. The van der Waals surface area contributed by atoms with Crippen molar-refractivity contribution in [2.75, 3.05) is 0 Å². The maximum absolute atomic E-state index is 10.9. The number of fused-ring (bicyclic) bond motifs is 1. The molecular formula is C10H5NO2. The van der Waals surface area contributed by atoms with E-state index in [1.165, 1.54) is 6.07 Å². The van der Waals surface area contributed by atoms with Gasteiger partial charge in [0.15, 0.2) is 5.58 Å². The van der Waals surface area contributed by atoms with Crippen molar-refractivity contribution in [1.29, 1.82) is 5.26 Å². The first-order valence-corrected chi connectivity index (χ1v) is 3.74. The van der Waals surface area contributed by atoms with Crippen molar-refractivity contribution in [2.24, 2.45) is 0 Å². The molecule has 0 unspecified atom stereocenters. The Labute approximate surface area is 73.8 Å². The maximum Gasteiger partial charge on any atom is 0.336 e. The van der Waals surface area contributed by atoms with Gasteiger partial charge in [-0.3, -0.25) is 0 Å². The van der Waals surface area contributed by atoms with Gasteiger partial charge in [-0.15, -0.1) is 0 Å². The topological polar surface area (TPSA) is 54.0 Å². The van der Waals surface area contributed by atoms with Gasteiger partial charge in [0, 0.05) is 11.5 Å². The summed E-state index contributed by atoms with van der Waals surface area (Å²) in [5.41, 5.74) is 0.308. The highest BCUT2D eigenvalue weighted by Crippen LogP contribution is 2.15. The zero-order valence-corrected chi connectivity index (χ0v) is 6.65. The molecule has 0 aliphatic carbocycles. The lowest BCUT2D eigenvalue weighted by Gasteiger charge is -1.95. The molecule has 2 rings (SSSR count). The lowest BCUT2D eigenvalue weighted by Crippen LogP contribution is -1.95. The number of rotatable bonds is 0. The molecule has 0 atom stereocenters. The second-order valence-electron chi connectivity index (χ2n) is 2.59. The van der Waals surface area contributed by atoms with E-state index in [-0.39, 0.29) is 0 Å². The van der Waals surface area contributed by atoms with Crippen molar-refractivity contribution in [2.45, 2.75) is 0 Å². The number of nitrogens with zero attached hydrogens (tertiary/aromatic N) is 1. The van der Waals surface area contributed by atoms with Crippen LogP contribution in [0.5, 0.6) is 0 Å². The lowest BCUT2D eigenvalue weighted by molar-refractivity contribution is 0.560. The summed E-state index contributed by atoms with van der Waals surface area (Å²) in [5.74, 6) is 0. The number of hydrogen-bond donors (Lipinski definition) is 0. The first kappa shape index (κ1) is 7.56. The van der Waals surface area contributed by atoms with Gasteiger partial charge in [0.25, 0.3) is 0 Å². The summed E-state index contributed by atoms with van der Waals surface area (Å²) in [6.45, 7) is 0. The van der Waals surface area contributed by atoms with Crippen LogP contribution in [0.2, 0.25) is 0 Å². The predicted octanol–water partition coefficient (Wildman–Crippen LogP) is 1.66. The SMILES string of the molecule is N#Cc1cccc2ccc(=O)oc12. The van der Waals surface area contributed by atoms with Crippen molar-refractivity contribution in [1.82, 2.24) is 0 Å². The molecule has 3 nitrogen and oxygen atoms in total. The Bertz CT molecular complexity index is 549. The molecule has 13 heavy (non-hydrogen) atoms. The first-order valence-electron chi connectivity index (χ1n) is 3.74. The minimum Gasteiger partial charge on any atom is -0.421 e. The van der Waals surface area contributed by atoms with E-state index >= 15 is 0 Å². The number of hydrogen-bond acceptors (Lipinski definition) is 3. The van der Waals surface area contributed by atoms with E-state index in [4.69, 9.17) is 9.68 Å². The lowest BCUT2D eigenvalue weighted by atomic mass is 10.1. The van der Waals surface area contributed by atoms with Crippen molar-refractivity contribution in [3.63, 3.8) is 0 Å². The molecular weight excluding hydrogens is 166 g/mol. The monoisotopic (exact) mass is 171 g/mol. The predicted molar refractivity (Wildman–Crippen MR) is 47.2 cm³/mol. The summed E-state index contributed by atoms with van der Waals surface area (Å²) in [4.78, 5) is 10.9. The molecule has 0 N–H and O–H groups in total. The third-order valence-electron chi connectivity index (χ3n) is 1.77. The van der Waals surface area contributed by atoms with E-state index in [1.807, 2.05) is 6.07 Å². The fraction of sp³-hybridized carbons (Fsp3) is 0. The van der Waals surface area contributed by atoms with Crippen LogP contribution in [0, 0.1) is 11.3 Å². The fourth-order valence-corrected chi connectivity index (χ4v) is 1.18. The Hall–Kier alpha value is -2.08. The van der Waals surface area contributed by atoms with E-state index in [9.17, 15) is 4.79 Å². The van der Waals surface area contributed by atoms with Crippen LogP contribution in [0.3, 0.4) is 0 Å². The van der Waals surface area contributed by atoms with Crippen LogP contribution in [0.25, 0.3) is 11.0 Å². The molecule has 3 heteroatoms. The molecule has 1 aromatic carbocycles. The maximum atomic E-state index is 10.9. The molecule has 1 heterocycles. The van der Waals surface area contributed by atoms with Gasteiger partial charge >= 0.3 is 5.63 Å². The number of benzene rings is 1. The Morgan fingerprint density at radius 3 is 2.85 bits per heavy atom. The minimum absolute atomic E-state index is 0.359. The summed E-state index contributed by atoms with van der Waals surface area (Å²) in [6.07, 6.45) is 0. The molecule has 0 fully saturated rings. The van der Waals surface area contributed by atoms with Crippen LogP contribution < -0.4 is 5.63 Å². The summed E-state index contributed by atoms with van der Waals surface area (Å²) < 4.78 is 4.91. The second kappa shape index (κ2) is 2.76. The Morgan fingerprint density at radius 1 is 1.23 bits per heavy atom. The molecule has 1 aromatic heterocycles. The van der Waals surface area contributed by atoms with Gasteiger partial charge in [0.05, 0.1) is 5.56 Å². The zero-order chi connectivity index (χ0) is 9.26. The first-order chi connectivity index (χ1) is 6.31. The highest BCUT2D eigenvalue weighted by molar-refractivity contribution is 5.81. The summed E-state index contributed by atoms with van der Waals surface area (Å²) in [5, 5.41) is 9.48. The van der Waals surface area contributed by atoms with Crippen molar-refractivity contribution < 1.29 is 4.42 Å². The number of para-hydroxylation sites is 1. The van der Waals surface area contributed by atoms with Gasteiger partial charge < -0.3 is 4.42 Å². The van der Waals surface area contributed by atoms with Crippen LogP contribution in [0.4, 0.5) is 0 Å². The van der Waals surface area contributed by atoms with Crippen molar-refractivity contribution >= 4 is 11.0 Å². The van der Waals surface area contributed by atoms with E-state index < -0.39 is 5.63 Å². The zero-order valence-electron chi connectivity index (χ0n) is 6.65. The van der Waals surface area contributed by atoms with Crippen molar-refractivity contribution in [3.8, 4) is 6.07 Å². The highest BCUT2D eigenvalue weighted by Gasteiger charge is 2.01. The number of nitriles is 1. The third-order valence-corrected chi connectivity index (χ3v) is 1.77. The Morgan fingerprint density at radius 2 is 2.08 bits per heavy atom. The van der Waals surface area contributed by atoms with Crippen LogP contribution in [-0.4, -0.2) is 0 Å². The van der Waals surface area contributed by atoms with E-state index in [1.54, 1.807) is 24.3 Å². The Kier molecular flexibility index (Phi) is 1.60. The molecule has 0 aliphatic rings. The van der Waals surface area contributed by atoms with Crippen LogP contribution in [0.15, 0.2) is 39.5 Å². The molecule has 0 saturated heterocycles. The van der Waals surface area contributed by atoms with Crippen LogP contribution in [0.1, 0.15) is 5.56 Å². The molecule has 0 spiro atoms. The van der Waals surface area contributed by atoms with E-state index in [2.05, 4.69) is 0 Å². The smallest absolute Gasteiger partial charge is 0.336 e. The van der Waals surface area contributed by atoms with Gasteiger partial charge in [-0.2, -0.15) is 5.26 Å². The van der Waals surface area contributed by atoms with Crippen LogP contribution >= 0.6 is 0 Å².